The molecule has 0 fully saturated rings. The molecule has 0 spiro atoms. The van der Waals surface area contributed by atoms with Crippen molar-refractivity contribution in [2.75, 3.05) is 6.61 Å². The van der Waals surface area contributed by atoms with Crippen LogP contribution in [0.1, 0.15) is 45.2 Å². The lowest BCUT2D eigenvalue weighted by molar-refractivity contribution is 0.348. The van der Waals surface area contributed by atoms with E-state index in [9.17, 15) is 0 Å². The number of allylic oxidation sites excluding steroid dienone is 4. The van der Waals surface area contributed by atoms with Gasteiger partial charge in [0.15, 0.2) is 0 Å². The smallest absolute Gasteiger partial charge is 0.126 e. The predicted octanol–water partition coefficient (Wildman–Crippen LogP) is 6.81. The van der Waals surface area contributed by atoms with Crippen LogP contribution in [0.3, 0.4) is 0 Å². The van der Waals surface area contributed by atoms with Crippen LogP contribution < -0.4 is 4.74 Å². The van der Waals surface area contributed by atoms with E-state index in [1.807, 2.05) is 0 Å². The zero-order chi connectivity index (χ0) is 18.8. The molecule has 0 radical (unpaired) electrons. The Hall–Kier alpha value is -1.25. The van der Waals surface area contributed by atoms with Gasteiger partial charge in [0.05, 0.1) is 8.07 Å². The second-order valence-corrected chi connectivity index (χ2v) is 13.9. The van der Waals surface area contributed by atoms with Gasteiger partial charge in [0.25, 0.3) is 0 Å². The van der Waals surface area contributed by atoms with Crippen LogP contribution in [-0.2, 0) is 11.5 Å². The lowest BCUT2D eigenvalue weighted by Crippen LogP contribution is -2.32. The molecule has 2 rings (SSSR count). The van der Waals surface area contributed by atoms with Crippen molar-refractivity contribution in [1.29, 1.82) is 0 Å². The number of benzene rings is 1. The van der Waals surface area contributed by atoms with Gasteiger partial charge in [-0.05, 0) is 42.5 Å². The van der Waals surface area contributed by atoms with E-state index < -0.39 is 8.07 Å². The molecule has 0 atom stereocenters. The predicted molar refractivity (Wildman–Crippen MR) is 113 cm³/mol. The van der Waals surface area contributed by atoms with E-state index in [4.69, 9.17) is 16.3 Å². The maximum atomic E-state index is 6.49. The van der Waals surface area contributed by atoms with Crippen LogP contribution in [0.5, 0.6) is 5.75 Å². The van der Waals surface area contributed by atoms with E-state index >= 15 is 0 Å². The number of hydrogen-bond donors (Lipinski definition) is 0. The summed E-state index contributed by atoms with van der Waals surface area (Å²) in [6.45, 7) is 18.0. The molecule has 1 aromatic rings. The molecule has 1 aromatic carbocycles. The standard InChI is InChI=1S/C22H31ClOSi/c1-8-11-24-21-17(13-18(23)14-20(21)22(3,4)5)15-25(6,7)19-10-9-16(2)12-19/h8-9,12-14H,1,10-11,15H2,2-7H3. The summed E-state index contributed by atoms with van der Waals surface area (Å²) in [5, 5.41) is 2.40. The average Bonchev–Trinajstić information content (AvgIpc) is 2.92. The van der Waals surface area contributed by atoms with Gasteiger partial charge in [-0.3, -0.25) is 0 Å². The number of ether oxygens (including phenoxy) is 1. The Morgan fingerprint density at radius 2 is 1.96 bits per heavy atom. The van der Waals surface area contributed by atoms with E-state index in [1.54, 1.807) is 11.3 Å². The summed E-state index contributed by atoms with van der Waals surface area (Å²) in [6.07, 6.45) is 7.62. The molecule has 0 saturated heterocycles. The summed E-state index contributed by atoms with van der Waals surface area (Å²) in [5.74, 6) is 1.00. The highest BCUT2D eigenvalue weighted by molar-refractivity contribution is 6.84. The minimum atomic E-state index is -1.58. The summed E-state index contributed by atoms with van der Waals surface area (Å²) in [5.41, 5.74) is 3.78. The maximum Gasteiger partial charge on any atom is 0.126 e. The van der Waals surface area contributed by atoms with Crippen LogP contribution in [0.15, 0.2) is 47.7 Å². The molecule has 25 heavy (non-hydrogen) atoms. The lowest BCUT2D eigenvalue weighted by atomic mass is 9.85. The van der Waals surface area contributed by atoms with Gasteiger partial charge in [0.2, 0.25) is 0 Å². The Labute approximate surface area is 159 Å². The van der Waals surface area contributed by atoms with Crippen LogP contribution in [0.25, 0.3) is 0 Å². The van der Waals surface area contributed by atoms with Crippen molar-refractivity contribution in [1.82, 2.24) is 0 Å². The van der Waals surface area contributed by atoms with Gasteiger partial charge in [0, 0.05) is 10.6 Å². The van der Waals surface area contributed by atoms with Crippen molar-refractivity contribution in [3.8, 4) is 5.75 Å². The largest absolute Gasteiger partial charge is 0.489 e. The third kappa shape index (κ3) is 4.89. The summed E-state index contributed by atoms with van der Waals surface area (Å²) >= 11 is 6.49. The van der Waals surface area contributed by atoms with Gasteiger partial charge in [-0.1, -0.05) is 81.0 Å². The fourth-order valence-corrected chi connectivity index (χ4v) is 6.33. The van der Waals surface area contributed by atoms with Crippen molar-refractivity contribution in [3.05, 3.63) is 63.9 Å². The van der Waals surface area contributed by atoms with Crippen LogP contribution in [0.2, 0.25) is 18.1 Å². The Kier molecular flexibility index (Phi) is 6.06. The molecule has 0 saturated carbocycles. The van der Waals surface area contributed by atoms with Crippen molar-refractivity contribution in [2.45, 2.75) is 58.7 Å². The molecule has 0 aromatic heterocycles. The molecule has 0 aliphatic heterocycles. The molecule has 1 aliphatic carbocycles. The first-order chi connectivity index (χ1) is 11.5. The van der Waals surface area contributed by atoms with Gasteiger partial charge >= 0.3 is 0 Å². The zero-order valence-corrected chi connectivity index (χ0v) is 18.3. The highest BCUT2D eigenvalue weighted by atomic mass is 35.5. The van der Waals surface area contributed by atoms with E-state index in [0.717, 1.165) is 23.2 Å². The highest BCUT2D eigenvalue weighted by Crippen LogP contribution is 2.39. The first-order valence-corrected chi connectivity index (χ1v) is 12.6. The monoisotopic (exact) mass is 374 g/mol. The molecule has 0 amide bonds. The van der Waals surface area contributed by atoms with Gasteiger partial charge in [-0.25, -0.2) is 0 Å². The molecule has 0 N–H and O–H groups in total. The fourth-order valence-electron chi connectivity index (χ4n) is 3.38. The van der Waals surface area contributed by atoms with Crippen LogP contribution in [0, 0.1) is 0 Å². The van der Waals surface area contributed by atoms with Gasteiger partial charge < -0.3 is 4.74 Å². The topological polar surface area (TPSA) is 9.23 Å². The maximum absolute atomic E-state index is 6.49. The second-order valence-electron chi connectivity index (χ2n) is 8.67. The number of rotatable bonds is 6. The zero-order valence-electron chi connectivity index (χ0n) is 16.5. The SMILES string of the molecule is C=CCOc1c(C[Si](C)(C)C2=CC(C)=CC2)cc(Cl)cc1C(C)(C)C. The fraction of sp³-hybridized carbons (Fsp3) is 0.455. The Balaban J connectivity index is 2.47. The molecular weight excluding hydrogens is 344 g/mol. The molecule has 0 heterocycles. The number of hydrogen-bond acceptors (Lipinski definition) is 1. The summed E-state index contributed by atoms with van der Waals surface area (Å²) < 4.78 is 6.14. The molecular formula is C22H31ClOSi. The number of halogens is 1. The summed E-state index contributed by atoms with van der Waals surface area (Å²) in [4.78, 5) is 0. The normalized spacial score (nSPS) is 15.0. The van der Waals surface area contributed by atoms with Crippen molar-refractivity contribution in [2.24, 2.45) is 0 Å². The van der Waals surface area contributed by atoms with E-state index in [1.165, 1.54) is 16.7 Å². The average molecular weight is 375 g/mol. The van der Waals surface area contributed by atoms with Crippen LogP contribution in [-0.4, -0.2) is 14.7 Å². The van der Waals surface area contributed by atoms with E-state index in [2.05, 4.69) is 71.7 Å². The second kappa shape index (κ2) is 7.55. The van der Waals surface area contributed by atoms with Gasteiger partial charge in [-0.15, -0.1) is 0 Å². The van der Waals surface area contributed by atoms with Crippen molar-refractivity contribution >= 4 is 19.7 Å². The Morgan fingerprint density at radius 3 is 2.48 bits per heavy atom. The van der Waals surface area contributed by atoms with Crippen LogP contribution >= 0.6 is 11.6 Å². The third-order valence-corrected chi connectivity index (χ3v) is 8.40. The Bertz CT molecular complexity index is 720. The molecule has 0 unspecified atom stereocenters. The van der Waals surface area contributed by atoms with Crippen LogP contribution in [0.4, 0.5) is 0 Å². The highest BCUT2D eigenvalue weighted by Gasteiger charge is 2.31. The van der Waals surface area contributed by atoms with Gasteiger partial charge in [0.1, 0.15) is 12.4 Å². The molecule has 136 valence electrons. The van der Waals surface area contributed by atoms with Gasteiger partial charge in [-0.2, -0.15) is 0 Å². The minimum absolute atomic E-state index is 0.0212. The molecule has 1 nitrogen and oxygen atoms in total. The summed E-state index contributed by atoms with van der Waals surface area (Å²) in [6, 6.07) is 5.19. The third-order valence-electron chi connectivity index (χ3n) is 4.83. The minimum Gasteiger partial charge on any atom is -0.489 e. The first kappa shape index (κ1) is 20.1. The lowest BCUT2D eigenvalue weighted by Gasteiger charge is -2.29. The van der Waals surface area contributed by atoms with E-state index in [0.29, 0.717) is 6.61 Å². The molecule has 1 aliphatic rings. The first-order valence-electron chi connectivity index (χ1n) is 8.99. The van der Waals surface area contributed by atoms with E-state index in [-0.39, 0.29) is 5.41 Å². The quantitative estimate of drug-likeness (QED) is 0.392. The summed E-state index contributed by atoms with van der Waals surface area (Å²) in [7, 11) is -1.58. The Morgan fingerprint density at radius 1 is 1.28 bits per heavy atom. The molecule has 3 heteroatoms. The van der Waals surface area contributed by atoms with Crippen molar-refractivity contribution < 1.29 is 4.74 Å². The molecule has 0 bridgehead atoms. The van der Waals surface area contributed by atoms with Crippen molar-refractivity contribution in [3.63, 3.8) is 0 Å².